The predicted molar refractivity (Wildman–Crippen MR) is 80.4 cm³/mol. The number of halogens is 2. The summed E-state index contributed by atoms with van der Waals surface area (Å²) >= 11 is 3.20. The number of aromatic nitrogens is 2. The maximum absolute atomic E-state index is 13.3. The molecule has 0 fully saturated rings. The van der Waals surface area contributed by atoms with Crippen molar-refractivity contribution in [3.8, 4) is 0 Å². The SMILES string of the molecule is CCCn1ccnc1CC(NN)c1ccc(F)c(Br)c1. The Balaban J connectivity index is 2.19. The summed E-state index contributed by atoms with van der Waals surface area (Å²) in [6, 6.07) is 4.80. The van der Waals surface area contributed by atoms with Crippen LogP contribution in [-0.2, 0) is 13.0 Å². The number of nitrogens with zero attached hydrogens (tertiary/aromatic N) is 2. The van der Waals surface area contributed by atoms with Gasteiger partial charge in [0.05, 0.1) is 10.5 Å². The molecule has 0 aliphatic heterocycles. The molecule has 0 amide bonds. The van der Waals surface area contributed by atoms with Gasteiger partial charge in [-0.05, 0) is 40.0 Å². The number of imidazole rings is 1. The molecule has 0 bridgehead atoms. The molecule has 0 aliphatic rings. The molecule has 4 nitrogen and oxygen atoms in total. The summed E-state index contributed by atoms with van der Waals surface area (Å²) in [5, 5.41) is 0. The van der Waals surface area contributed by atoms with Crippen molar-refractivity contribution in [2.75, 3.05) is 0 Å². The molecule has 6 heteroatoms. The molecule has 20 heavy (non-hydrogen) atoms. The first-order valence-corrected chi connectivity index (χ1v) is 7.36. The van der Waals surface area contributed by atoms with Crippen molar-refractivity contribution in [1.29, 1.82) is 0 Å². The van der Waals surface area contributed by atoms with E-state index in [1.807, 2.05) is 6.20 Å². The van der Waals surface area contributed by atoms with Crippen LogP contribution in [0.2, 0.25) is 0 Å². The third-order valence-electron chi connectivity index (χ3n) is 3.20. The van der Waals surface area contributed by atoms with Crippen molar-refractivity contribution in [2.24, 2.45) is 5.84 Å². The van der Waals surface area contributed by atoms with Crippen LogP contribution < -0.4 is 11.3 Å². The van der Waals surface area contributed by atoms with Gasteiger partial charge in [-0.15, -0.1) is 0 Å². The van der Waals surface area contributed by atoms with Gasteiger partial charge in [0.1, 0.15) is 11.6 Å². The van der Waals surface area contributed by atoms with Crippen LogP contribution in [0.1, 0.15) is 30.8 Å². The minimum Gasteiger partial charge on any atom is -0.335 e. The molecule has 0 saturated heterocycles. The highest BCUT2D eigenvalue weighted by atomic mass is 79.9. The molecule has 1 heterocycles. The molecule has 1 aromatic carbocycles. The summed E-state index contributed by atoms with van der Waals surface area (Å²) in [5.74, 6) is 6.32. The van der Waals surface area contributed by atoms with E-state index >= 15 is 0 Å². The Bertz CT molecular complexity index is 570. The standard InChI is InChI=1S/C14H18BrFN4/c1-2-6-20-7-5-18-14(20)9-13(19-17)10-3-4-12(16)11(15)8-10/h3-5,7-8,13,19H,2,6,9,17H2,1H3. The second-order valence-corrected chi connectivity index (χ2v) is 5.49. The highest BCUT2D eigenvalue weighted by Crippen LogP contribution is 2.23. The van der Waals surface area contributed by atoms with Gasteiger partial charge in [-0.25, -0.2) is 9.37 Å². The Morgan fingerprint density at radius 3 is 2.95 bits per heavy atom. The fraction of sp³-hybridized carbons (Fsp3) is 0.357. The van der Waals surface area contributed by atoms with Gasteiger partial charge in [0.15, 0.2) is 0 Å². The smallest absolute Gasteiger partial charge is 0.137 e. The van der Waals surface area contributed by atoms with Crippen molar-refractivity contribution in [2.45, 2.75) is 32.4 Å². The van der Waals surface area contributed by atoms with Crippen LogP contribution in [0.4, 0.5) is 4.39 Å². The zero-order chi connectivity index (χ0) is 14.5. The molecule has 0 saturated carbocycles. The molecule has 3 N–H and O–H groups in total. The Kier molecular flexibility index (Phi) is 5.28. The van der Waals surface area contributed by atoms with Crippen LogP contribution >= 0.6 is 15.9 Å². The van der Waals surface area contributed by atoms with Crippen LogP contribution in [0.5, 0.6) is 0 Å². The molecule has 1 atom stereocenters. The summed E-state index contributed by atoms with van der Waals surface area (Å²) in [4.78, 5) is 4.37. The van der Waals surface area contributed by atoms with Gasteiger partial charge < -0.3 is 4.57 Å². The maximum atomic E-state index is 13.3. The maximum Gasteiger partial charge on any atom is 0.137 e. The summed E-state index contributed by atoms with van der Waals surface area (Å²) < 4.78 is 15.8. The van der Waals surface area contributed by atoms with Gasteiger partial charge in [-0.3, -0.25) is 11.3 Å². The Morgan fingerprint density at radius 1 is 1.50 bits per heavy atom. The molecule has 0 aliphatic carbocycles. The van der Waals surface area contributed by atoms with Crippen LogP contribution in [0, 0.1) is 5.82 Å². The number of hydrazine groups is 1. The lowest BCUT2D eigenvalue weighted by Crippen LogP contribution is -2.30. The Hall–Kier alpha value is -1.24. The lowest BCUT2D eigenvalue weighted by molar-refractivity contribution is 0.515. The Labute approximate surface area is 126 Å². The molecule has 2 aromatic rings. The molecule has 1 unspecified atom stereocenters. The Morgan fingerprint density at radius 2 is 2.30 bits per heavy atom. The van der Waals surface area contributed by atoms with E-state index in [1.165, 1.54) is 6.07 Å². The summed E-state index contributed by atoms with van der Waals surface area (Å²) in [7, 11) is 0. The van der Waals surface area contributed by atoms with Crippen LogP contribution in [0.15, 0.2) is 35.1 Å². The lowest BCUT2D eigenvalue weighted by Gasteiger charge is -2.17. The van der Waals surface area contributed by atoms with Gasteiger partial charge >= 0.3 is 0 Å². The van der Waals surface area contributed by atoms with Crippen molar-refractivity contribution in [1.82, 2.24) is 15.0 Å². The van der Waals surface area contributed by atoms with Gasteiger partial charge in [0.25, 0.3) is 0 Å². The predicted octanol–water partition coefficient (Wildman–Crippen LogP) is 2.94. The fourth-order valence-electron chi connectivity index (χ4n) is 2.16. The number of nitrogens with one attached hydrogen (secondary N) is 1. The highest BCUT2D eigenvalue weighted by Gasteiger charge is 2.15. The van der Waals surface area contributed by atoms with Crippen molar-refractivity contribution >= 4 is 15.9 Å². The van der Waals surface area contributed by atoms with E-state index in [4.69, 9.17) is 5.84 Å². The van der Waals surface area contributed by atoms with E-state index in [-0.39, 0.29) is 11.9 Å². The topological polar surface area (TPSA) is 55.9 Å². The zero-order valence-corrected chi connectivity index (χ0v) is 12.9. The second-order valence-electron chi connectivity index (χ2n) is 4.63. The quantitative estimate of drug-likeness (QED) is 0.627. The number of aryl methyl sites for hydroxylation is 1. The van der Waals surface area contributed by atoms with Gasteiger partial charge in [0.2, 0.25) is 0 Å². The molecule has 2 rings (SSSR count). The number of benzene rings is 1. The molecule has 108 valence electrons. The largest absolute Gasteiger partial charge is 0.335 e. The van der Waals surface area contributed by atoms with Crippen LogP contribution in [-0.4, -0.2) is 9.55 Å². The number of hydrogen-bond donors (Lipinski definition) is 2. The first kappa shape index (κ1) is 15.2. The van der Waals surface area contributed by atoms with Crippen molar-refractivity contribution < 1.29 is 4.39 Å². The fourth-order valence-corrected chi connectivity index (χ4v) is 2.56. The average Bonchev–Trinajstić information content (AvgIpc) is 2.87. The second kappa shape index (κ2) is 6.97. The third-order valence-corrected chi connectivity index (χ3v) is 3.81. The normalized spacial score (nSPS) is 12.6. The average molecular weight is 341 g/mol. The van der Waals surface area contributed by atoms with E-state index in [1.54, 1.807) is 18.3 Å². The first-order valence-electron chi connectivity index (χ1n) is 6.56. The summed E-state index contributed by atoms with van der Waals surface area (Å²) in [6.07, 6.45) is 5.46. The number of hydrogen-bond acceptors (Lipinski definition) is 3. The zero-order valence-electron chi connectivity index (χ0n) is 11.3. The number of nitrogens with two attached hydrogens (primary N) is 1. The van der Waals surface area contributed by atoms with E-state index in [9.17, 15) is 4.39 Å². The summed E-state index contributed by atoms with van der Waals surface area (Å²) in [5.41, 5.74) is 3.70. The van der Waals surface area contributed by atoms with Gasteiger partial charge in [-0.1, -0.05) is 13.0 Å². The molecule has 0 spiro atoms. The highest BCUT2D eigenvalue weighted by molar-refractivity contribution is 9.10. The van der Waals surface area contributed by atoms with E-state index in [2.05, 4.69) is 37.8 Å². The molecule has 1 aromatic heterocycles. The molecule has 0 radical (unpaired) electrons. The minimum atomic E-state index is -0.281. The lowest BCUT2D eigenvalue weighted by atomic mass is 10.0. The van der Waals surface area contributed by atoms with Crippen molar-refractivity contribution in [3.05, 3.63) is 52.3 Å². The monoisotopic (exact) mass is 340 g/mol. The van der Waals surface area contributed by atoms with Crippen LogP contribution in [0.3, 0.4) is 0 Å². The van der Waals surface area contributed by atoms with E-state index < -0.39 is 0 Å². The summed E-state index contributed by atoms with van der Waals surface area (Å²) in [6.45, 7) is 3.05. The minimum absolute atomic E-state index is 0.107. The van der Waals surface area contributed by atoms with E-state index in [0.717, 1.165) is 24.4 Å². The van der Waals surface area contributed by atoms with Crippen molar-refractivity contribution in [3.63, 3.8) is 0 Å². The van der Waals surface area contributed by atoms with Crippen LogP contribution in [0.25, 0.3) is 0 Å². The first-order chi connectivity index (χ1) is 9.65. The van der Waals surface area contributed by atoms with Gasteiger partial charge in [0, 0.05) is 25.4 Å². The van der Waals surface area contributed by atoms with Gasteiger partial charge in [-0.2, -0.15) is 0 Å². The number of rotatable bonds is 6. The third kappa shape index (κ3) is 3.45. The molecular weight excluding hydrogens is 323 g/mol. The van der Waals surface area contributed by atoms with E-state index in [0.29, 0.717) is 10.9 Å². The molecular formula is C14H18BrFN4.